The molecule has 0 saturated heterocycles. The molecule has 1 atom stereocenters. The van der Waals surface area contributed by atoms with Crippen LogP contribution in [0.4, 0.5) is 11.5 Å². The van der Waals surface area contributed by atoms with Gasteiger partial charge in [-0.15, -0.1) is 0 Å². The van der Waals surface area contributed by atoms with E-state index in [1.54, 1.807) is 31.4 Å². The van der Waals surface area contributed by atoms with Crippen LogP contribution in [-0.4, -0.2) is 52.3 Å². The van der Waals surface area contributed by atoms with Gasteiger partial charge in [0.25, 0.3) is 5.91 Å². The number of amides is 1. The number of aromatic nitrogens is 2. The van der Waals surface area contributed by atoms with E-state index in [-0.39, 0.29) is 11.6 Å². The number of benzene rings is 1. The zero-order chi connectivity index (χ0) is 22.4. The first-order valence-corrected chi connectivity index (χ1v) is 12.2. The van der Waals surface area contributed by atoms with Crippen molar-refractivity contribution in [2.45, 2.75) is 50.0 Å². The van der Waals surface area contributed by atoms with E-state index >= 15 is 0 Å². The van der Waals surface area contributed by atoms with Crippen molar-refractivity contribution < 1.29 is 13.7 Å². The predicted molar refractivity (Wildman–Crippen MR) is 125 cm³/mol. The summed E-state index contributed by atoms with van der Waals surface area (Å²) in [7, 11) is -1.12. The van der Waals surface area contributed by atoms with E-state index in [2.05, 4.69) is 26.1 Å². The van der Waals surface area contributed by atoms with Crippen molar-refractivity contribution >= 4 is 33.0 Å². The largest absolute Gasteiger partial charge is 0.383 e. The third kappa shape index (κ3) is 6.03. The van der Waals surface area contributed by atoms with Crippen LogP contribution in [0.15, 0.2) is 35.5 Å². The number of ether oxygens (including phenoxy) is 1. The maximum atomic E-state index is 12.9. The van der Waals surface area contributed by atoms with Crippen LogP contribution in [0.2, 0.25) is 0 Å². The molecule has 1 fully saturated rings. The minimum atomic E-state index is -2.81. The van der Waals surface area contributed by atoms with Gasteiger partial charge in [-0.1, -0.05) is 19.3 Å². The van der Waals surface area contributed by atoms with Crippen LogP contribution < -0.4 is 15.4 Å². The van der Waals surface area contributed by atoms with Crippen LogP contribution in [0.25, 0.3) is 0 Å². The molecule has 1 aromatic carbocycles. The van der Waals surface area contributed by atoms with Crippen molar-refractivity contribution in [3.63, 3.8) is 0 Å². The molecule has 0 aliphatic heterocycles. The molecule has 3 N–H and O–H groups in total. The lowest BCUT2D eigenvalue weighted by atomic mass is 9.94. The molecule has 9 heteroatoms. The van der Waals surface area contributed by atoms with Crippen LogP contribution in [0.1, 0.15) is 48.2 Å². The summed E-state index contributed by atoms with van der Waals surface area (Å²) in [5, 5.41) is 8.48. The molecule has 0 bridgehead atoms. The van der Waals surface area contributed by atoms with Crippen molar-refractivity contribution in [2.75, 3.05) is 30.5 Å². The van der Waals surface area contributed by atoms with Gasteiger partial charge in [0.15, 0.2) is 0 Å². The molecular weight excluding hydrogens is 414 g/mol. The smallest absolute Gasteiger partial charge is 0.274 e. The fourth-order valence-electron chi connectivity index (χ4n) is 3.87. The lowest BCUT2D eigenvalue weighted by molar-refractivity contribution is 0.102. The fraction of sp³-hybridized carbons (Fsp3) is 0.455. The molecule has 1 unspecified atom stereocenters. The Morgan fingerprint density at radius 3 is 2.68 bits per heavy atom. The minimum Gasteiger partial charge on any atom is -0.383 e. The zero-order valence-corrected chi connectivity index (χ0v) is 19.0. The van der Waals surface area contributed by atoms with Gasteiger partial charge in [-0.3, -0.25) is 9.93 Å². The first kappa shape index (κ1) is 23.2. The monoisotopic (exact) mass is 445 g/mol. The highest BCUT2D eigenvalue weighted by Gasteiger charge is 2.23. The highest BCUT2D eigenvalue weighted by atomic mass is 32.2. The number of hydrogen-bond donors (Lipinski definition) is 2. The van der Waals surface area contributed by atoms with Gasteiger partial charge < -0.3 is 15.0 Å². The molecular formula is C22H31N5O3S. The third-order valence-electron chi connectivity index (χ3n) is 5.58. The number of aryl methyl sites for hydroxylation is 1. The SMILES string of the molecule is C=S(N)(=O)c1ccc(NC(=O)c2cc(N(CCOC)C3CCCCC3)ncn2)c(C)c1. The Labute approximate surface area is 184 Å². The number of rotatable bonds is 8. The lowest BCUT2D eigenvalue weighted by Crippen LogP contribution is -2.39. The van der Waals surface area contributed by atoms with E-state index in [1.165, 1.54) is 25.6 Å². The highest BCUT2D eigenvalue weighted by molar-refractivity contribution is 7.98. The molecule has 2 aromatic rings. The molecule has 0 radical (unpaired) electrons. The number of hydrogen-bond acceptors (Lipinski definition) is 6. The van der Waals surface area contributed by atoms with Gasteiger partial charge in [-0.05, 0) is 49.4 Å². The van der Waals surface area contributed by atoms with Crippen LogP contribution in [0.5, 0.6) is 0 Å². The van der Waals surface area contributed by atoms with Crippen LogP contribution in [-0.2, 0) is 14.4 Å². The Morgan fingerprint density at radius 1 is 1.29 bits per heavy atom. The summed E-state index contributed by atoms with van der Waals surface area (Å²) in [6.45, 7) is 3.11. The molecule has 8 nitrogen and oxygen atoms in total. The van der Waals surface area contributed by atoms with Crippen molar-refractivity contribution in [3.05, 3.63) is 41.9 Å². The van der Waals surface area contributed by atoms with Crippen LogP contribution in [0, 0.1) is 6.92 Å². The highest BCUT2D eigenvalue weighted by Crippen LogP contribution is 2.26. The van der Waals surface area contributed by atoms with Crippen LogP contribution >= 0.6 is 0 Å². The second-order valence-electron chi connectivity index (χ2n) is 7.90. The Morgan fingerprint density at radius 2 is 2.03 bits per heavy atom. The molecule has 1 aromatic heterocycles. The van der Waals surface area contributed by atoms with Gasteiger partial charge in [0.05, 0.1) is 16.3 Å². The molecule has 0 spiro atoms. The second-order valence-corrected chi connectivity index (χ2v) is 9.82. The Kier molecular flexibility index (Phi) is 7.64. The molecule has 31 heavy (non-hydrogen) atoms. The molecule has 1 aliphatic rings. The maximum Gasteiger partial charge on any atom is 0.274 e. The summed E-state index contributed by atoms with van der Waals surface area (Å²) >= 11 is 0. The Hall–Kier alpha value is -2.49. The number of nitrogens with one attached hydrogen (secondary N) is 1. The fourth-order valence-corrected chi connectivity index (χ4v) is 4.55. The van der Waals surface area contributed by atoms with Crippen LogP contribution in [0.3, 0.4) is 0 Å². The number of anilines is 2. The Balaban J connectivity index is 1.80. The summed E-state index contributed by atoms with van der Waals surface area (Å²) in [5.74, 6) is 3.89. The van der Waals surface area contributed by atoms with E-state index < -0.39 is 9.71 Å². The minimum absolute atomic E-state index is 0.284. The molecule has 1 saturated carbocycles. The van der Waals surface area contributed by atoms with Gasteiger partial charge in [-0.2, -0.15) is 0 Å². The summed E-state index contributed by atoms with van der Waals surface area (Å²) in [4.78, 5) is 24.2. The molecule has 1 heterocycles. The van der Waals surface area contributed by atoms with E-state index in [0.29, 0.717) is 29.8 Å². The number of carbonyl (C=O) groups excluding carboxylic acids is 1. The summed E-state index contributed by atoms with van der Waals surface area (Å²) in [5.41, 5.74) is 1.62. The molecule has 3 rings (SSSR count). The molecule has 1 amide bonds. The Bertz CT molecular complexity index is 1020. The summed E-state index contributed by atoms with van der Waals surface area (Å²) < 4.78 is 17.2. The quantitative estimate of drug-likeness (QED) is 0.605. The summed E-state index contributed by atoms with van der Waals surface area (Å²) in [6, 6.07) is 7.07. The topological polar surface area (TPSA) is 110 Å². The van der Waals surface area contributed by atoms with E-state index in [0.717, 1.165) is 24.2 Å². The molecule has 168 valence electrons. The average Bonchev–Trinajstić information content (AvgIpc) is 2.75. The number of nitrogens with zero attached hydrogens (tertiary/aromatic N) is 3. The van der Waals surface area contributed by atoms with E-state index in [9.17, 15) is 9.00 Å². The van der Waals surface area contributed by atoms with Crippen molar-refractivity contribution in [1.82, 2.24) is 9.97 Å². The van der Waals surface area contributed by atoms with Gasteiger partial charge in [0.1, 0.15) is 17.8 Å². The average molecular weight is 446 g/mol. The third-order valence-corrected chi connectivity index (χ3v) is 6.63. The van der Waals surface area contributed by atoms with E-state index in [4.69, 9.17) is 9.88 Å². The number of nitrogens with two attached hydrogens (primary N) is 1. The van der Waals surface area contributed by atoms with Crippen molar-refractivity contribution in [3.8, 4) is 0 Å². The van der Waals surface area contributed by atoms with Gasteiger partial charge >= 0.3 is 0 Å². The van der Waals surface area contributed by atoms with Gasteiger partial charge in [-0.25, -0.2) is 14.2 Å². The standard InChI is InChI=1S/C22H31N5O3S/c1-16-13-18(31(3,23)29)9-10-19(16)26-22(28)20-14-21(25-15-24-20)27(11-12-30-2)17-7-5-4-6-8-17/h9-10,13-15,17H,3-8,11-12H2,1-2H3,(H2,23,29)(H,26,28). The maximum absolute atomic E-state index is 12.9. The van der Waals surface area contributed by atoms with Gasteiger partial charge in [0.2, 0.25) is 0 Å². The van der Waals surface area contributed by atoms with Gasteiger partial charge in [0, 0.05) is 36.3 Å². The van der Waals surface area contributed by atoms with E-state index in [1.807, 2.05) is 6.92 Å². The van der Waals surface area contributed by atoms with Crippen molar-refractivity contribution in [1.29, 1.82) is 0 Å². The number of carbonyl (C=O) groups is 1. The first-order chi connectivity index (χ1) is 14.8. The predicted octanol–water partition coefficient (Wildman–Crippen LogP) is 2.77. The second kappa shape index (κ2) is 10.2. The molecule has 1 aliphatic carbocycles. The normalized spacial score (nSPS) is 16.5. The summed E-state index contributed by atoms with van der Waals surface area (Å²) in [6.07, 6.45) is 7.30. The zero-order valence-electron chi connectivity index (χ0n) is 18.2. The van der Waals surface area contributed by atoms with Crippen molar-refractivity contribution in [2.24, 2.45) is 5.14 Å². The first-order valence-electron chi connectivity index (χ1n) is 10.4. The lowest BCUT2D eigenvalue weighted by Gasteiger charge is -2.35. The number of methoxy groups -OCH3 is 1.